The number of rotatable bonds is 2. The molecule has 2 heterocycles. The number of amides is 1. The van der Waals surface area contributed by atoms with E-state index in [4.69, 9.17) is 4.74 Å². The Morgan fingerprint density at radius 2 is 2.09 bits per heavy atom. The lowest BCUT2D eigenvalue weighted by Crippen LogP contribution is -2.44. The molecule has 1 saturated heterocycles. The van der Waals surface area contributed by atoms with Gasteiger partial charge in [0, 0.05) is 24.8 Å². The van der Waals surface area contributed by atoms with Gasteiger partial charge < -0.3 is 19.9 Å². The fourth-order valence-corrected chi connectivity index (χ4v) is 2.79. The Hall–Kier alpha value is -2.24. The molecule has 1 aromatic carbocycles. The van der Waals surface area contributed by atoms with Gasteiger partial charge in [-0.1, -0.05) is 0 Å². The van der Waals surface area contributed by atoms with E-state index in [2.05, 4.69) is 21.4 Å². The summed E-state index contributed by atoms with van der Waals surface area (Å²) in [6.45, 7) is 7.12. The maximum atomic E-state index is 12.1. The number of carbonyl (C=O) groups excluding carboxylic acids is 1. The van der Waals surface area contributed by atoms with E-state index < -0.39 is 5.60 Å². The number of ether oxygens (including phenoxy) is 1. The highest BCUT2D eigenvalue weighted by Crippen LogP contribution is 2.21. The SMILES string of the molecule is CC(C)(C)OC(=O)N1CCC(Nc2ccc3nc[nH]c3c2)CC1. The van der Waals surface area contributed by atoms with Crippen molar-refractivity contribution in [3.8, 4) is 0 Å². The molecule has 0 aliphatic carbocycles. The lowest BCUT2D eigenvalue weighted by molar-refractivity contribution is 0.0210. The molecule has 0 unspecified atom stereocenters. The molecule has 1 aromatic heterocycles. The van der Waals surface area contributed by atoms with Crippen molar-refractivity contribution in [1.29, 1.82) is 0 Å². The number of nitrogens with zero attached hydrogens (tertiary/aromatic N) is 2. The highest BCUT2D eigenvalue weighted by Gasteiger charge is 2.26. The van der Waals surface area contributed by atoms with E-state index in [0.717, 1.165) is 42.7 Å². The molecule has 1 fully saturated rings. The summed E-state index contributed by atoms with van der Waals surface area (Å²) in [7, 11) is 0. The summed E-state index contributed by atoms with van der Waals surface area (Å²) in [5.41, 5.74) is 2.64. The minimum absolute atomic E-state index is 0.213. The number of anilines is 1. The van der Waals surface area contributed by atoms with E-state index in [1.165, 1.54) is 0 Å². The molecule has 6 nitrogen and oxygen atoms in total. The predicted molar refractivity (Wildman–Crippen MR) is 90.5 cm³/mol. The number of carbonyl (C=O) groups is 1. The Morgan fingerprint density at radius 3 is 2.78 bits per heavy atom. The lowest BCUT2D eigenvalue weighted by atomic mass is 10.0. The van der Waals surface area contributed by atoms with Gasteiger partial charge in [-0.3, -0.25) is 0 Å². The first-order chi connectivity index (χ1) is 10.9. The smallest absolute Gasteiger partial charge is 0.410 e. The molecule has 1 amide bonds. The highest BCUT2D eigenvalue weighted by molar-refractivity contribution is 5.78. The fraction of sp³-hybridized carbons (Fsp3) is 0.529. The van der Waals surface area contributed by atoms with Crippen molar-refractivity contribution in [2.24, 2.45) is 0 Å². The van der Waals surface area contributed by atoms with Crippen LogP contribution in [0.15, 0.2) is 24.5 Å². The second kappa shape index (κ2) is 6.10. The lowest BCUT2D eigenvalue weighted by Gasteiger charge is -2.34. The maximum Gasteiger partial charge on any atom is 0.410 e. The van der Waals surface area contributed by atoms with Gasteiger partial charge in [-0.15, -0.1) is 0 Å². The summed E-state index contributed by atoms with van der Waals surface area (Å²) in [6, 6.07) is 6.49. The summed E-state index contributed by atoms with van der Waals surface area (Å²) >= 11 is 0. The minimum Gasteiger partial charge on any atom is -0.444 e. The molecule has 2 aromatic rings. The second-order valence-corrected chi connectivity index (χ2v) is 7.02. The van der Waals surface area contributed by atoms with Gasteiger partial charge in [-0.2, -0.15) is 0 Å². The Labute approximate surface area is 136 Å². The van der Waals surface area contributed by atoms with Gasteiger partial charge in [0.15, 0.2) is 0 Å². The van der Waals surface area contributed by atoms with Crippen LogP contribution in [0.1, 0.15) is 33.6 Å². The monoisotopic (exact) mass is 316 g/mol. The van der Waals surface area contributed by atoms with Gasteiger partial charge >= 0.3 is 6.09 Å². The van der Waals surface area contributed by atoms with Gasteiger partial charge in [-0.25, -0.2) is 9.78 Å². The number of fused-ring (bicyclic) bond motifs is 1. The first kappa shape index (κ1) is 15.6. The van der Waals surface area contributed by atoms with Crippen LogP contribution in [0.5, 0.6) is 0 Å². The third-order valence-corrected chi connectivity index (χ3v) is 3.94. The number of piperidine rings is 1. The Balaban J connectivity index is 1.53. The van der Waals surface area contributed by atoms with Crippen LogP contribution < -0.4 is 5.32 Å². The quantitative estimate of drug-likeness (QED) is 0.891. The fourth-order valence-electron chi connectivity index (χ4n) is 2.79. The second-order valence-electron chi connectivity index (χ2n) is 7.02. The largest absolute Gasteiger partial charge is 0.444 e. The van der Waals surface area contributed by atoms with Crippen LogP contribution in [0, 0.1) is 0 Å². The molecule has 1 aliphatic heterocycles. The minimum atomic E-state index is -0.439. The van der Waals surface area contributed by atoms with Gasteiger partial charge in [0.2, 0.25) is 0 Å². The van der Waals surface area contributed by atoms with Crippen LogP contribution in [0.3, 0.4) is 0 Å². The molecule has 124 valence electrons. The van der Waals surface area contributed by atoms with Crippen molar-refractivity contribution in [3.63, 3.8) is 0 Å². The first-order valence-electron chi connectivity index (χ1n) is 8.08. The Morgan fingerprint density at radius 1 is 1.35 bits per heavy atom. The maximum absolute atomic E-state index is 12.1. The third-order valence-electron chi connectivity index (χ3n) is 3.94. The van der Waals surface area contributed by atoms with Gasteiger partial charge in [0.25, 0.3) is 0 Å². The van der Waals surface area contributed by atoms with Crippen LogP contribution in [0.4, 0.5) is 10.5 Å². The zero-order valence-corrected chi connectivity index (χ0v) is 13.9. The molecule has 2 N–H and O–H groups in total. The molecule has 1 aliphatic rings. The van der Waals surface area contributed by atoms with E-state index >= 15 is 0 Å². The van der Waals surface area contributed by atoms with E-state index in [1.54, 1.807) is 11.2 Å². The molecule has 0 saturated carbocycles. The summed E-state index contributed by atoms with van der Waals surface area (Å²) in [6.07, 6.45) is 3.32. The number of nitrogens with one attached hydrogen (secondary N) is 2. The number of aromatic nitrogens is 2. The molecule has 6 heteroatoms. The van der Waals surface area contributed by atoms with Crippen molar-refractivity contribution in [1.82, 2.24) is 14.9 Å². The summed E-state index contributed by atoms with van der Waals surface area (Å²) < 4.78 is 5.43. The normalized spacial score (nSPS) is 16.6. The zero-order valence-electron chi connectivity index (χ0n) is 13.9. The summed E-state index contributed by atoms with van der Waals surface area (Å²) in [5, 5.41) is 3.54. The standard InChI is InChI=1S/C17H24N4O2/c1-17(2,3)23-16(22)21-8-6-12(7-9-21)20-13-4-5-14-15(10-13)19-11-18-14/h4-5,10-12,20H,6-9H2,1-3H3,(H,18,19). The highest BCUT2D eigenvalue weighted by atomic mass is 16.6. The number of likely N-dealkylation sites (tertiary alicyclic amines) is 1. The average molecular weight is 316 g/mol. The summed E-state index contributed by atoms with van der Waals surface area (Å²) in [4.78, 5) is 21.2. The number of H-pyrrole nitrogens is 1. The molecule has 3 rings (SSSR count). The number of benzene rings is 1. The van der Waals surface area contributed by atoms with Crippen molar-refractivity contribution in [3.05, 3.63) is 24.5 Å². The van der Waals surface area contributed by atoms with Gasteiger partial charge in [0.1, 0.15) is 5.60 Å². The van der Waals surface area contributed by atoms with Gasteiger partial charge in [0.05, 0.1) is 17.4 Å². The number of aromatic amines is 1. The van der Waals surface area contributed by atoms with Crippen LogP contribution in [0.2, 0.25) is 0 Å². The molecule has 0 atom stereocenters. The number of hydrogen-bond donors (Lipinski definition) is 2. The van der Waals surface area contributed by atoms with E-state index in [0.29, 0.717) is 6.04 Å². The van der Waals surface area contributed by atoms with E-state index in [9.17, 15) is 4.79 Å². The molecule has 0 spiro atoms. The predicted octanol–water partition coefficient (Wildman–Crippen LogP) is 3.37. The molecule has 0 bridgehead atoms. The van der Waals surface area contributed by atoms with Crippen LogP contribution in [0.25, 0.3) is 11.0 Å². The molecular weight excluding hydrogens is 292 g/mol. The van der Waals surface area contributed by atoms with Crippen molar-refractivity contribution in [2.75, 3.05) is 18.4 Å². The van der Waals surface area contributed by atoms with Crippen molar-refractivity contribution < 1.29 is 9.53 Å². The zero-order chi connectivity index (χ0) is 16.4. The van der Waals surface area contributed by atoms with Crippen LogP contribution >= 0.6 is 0 Å². The Bertz CT molecular complexity index is 681. The van der Waals surface area contributed by atoms with Crippen LogP contribution in [-0.4, -0.2) is 45.7 Å². The van der Waals surface area contributed by atoms with E-state index in [1.807, 2.05) is 32.9 Å². The van der Waals surface area contributed by atoms with Gasteiger partial charge in [-0.05, 0) is 51.8 Å². The van der Waals surface area contributed by atoms with Crippen LogP contribution in [-0.2, 0) is 4.74 Å². The third kappa shape index (κ3) is 3.94. The first-order valence-corrected chi connectivity index (χ1v) is 8.08. The number of imidazole rings is 1. The van der Waals surface area contributed by atoms with Crippen molar-refractivity contribution in [2.45, 2.75) is 45.3 Å². The summed E-state index contributed by atoms with van der Waals surface area (Å²) in [5.74, 6) is 0. The van der Waals surface area contributed by atoms with E-state index in [-0.39, 0.29) is 6.09 Å². The Kier molecular flexibility index (Phi) is 4.15. The topological polar surface area (TPSA) is 70.2 Å². The molecule has 23 heavy (non-hydrogen) atoms. The molecular formula is C17H24N4O2. The molecule has 0 radical (unpaired) electrons. The average Bonchev–Trinajstić information content (AvgIpc) is 2.94. The van der Waals surface area contributed by atoms with Crippen molar-refractivity contribution >= 4 is 22.8 Å². The number of hydrogen-bond acceptors (Lipinski definition) is 4.